The third-order valence-electron chi connectivity index (χ3n) is 3.27. The molecule has 0 radical (unpaired) electrons. The Balaban J connectivity index is 2.24. The van der Waals surface area contributed by atoms with Gasteiger partial charge in [0.25, 0.3) is 5.56 Å². The van der Waals surface area contributed by atoms with E-state index in [4.69, 9.17) is 20.1 Å². The van der Waals surface area contributed by atoms with Gasteiger partial charge in [0.1, 0.15) is 23.0 Å². The highest BCUT2D eigenvalue weighted by Crippen LogP contribution is 2.38. The zero-order chi connectivity index (χ0) is 17.2. The van der Waals surface area contributed by atoms with Gasteiger partial charge in [-0.25, -0.2) is 9.36 Å². The molecule has 1 aromatic heterocycles. The smallest absolute Gasteiger partial charge is 0.350 e. The molecule has 12 nitrogen and oxygen atoms in total. The molecule has 0 spiro atoms. The van der Waals surface area contributed by atoms with Crippen LogP contribution in [0.5, 0.6) is 0 Å². The number of nitrogens with one attached hydrogen (secondary N) is 2. The molecule has 1 aromatic rings. The second kappa shape index (κ2) is 6.67. The molecule has 1 saturated heterocycles. The maximum atomic E-state index is 11.8. The molecule has 0 unspecified atom stereocenters. The lowest BCUT2D eigenvalue weighted by Gasteiger charge is -2.16. The lowest BCUT2D eigenvalue weighted by molar-refractivity contribution is -0.0271. The van der Waals surface area contributed by atoms with E-state index in [1.807, 2.05) is 0 Å². The second-order valence-corrected chi connectivity index (χ2v) is 6.15. The van der Waals surface area contributed by atoms with Crippen LogP contribution in [0, 0.1) is 12.5 Å². The first kappa shape index (κ1) is 17.4. The van der Waals surface area contributed by atoms with E-state index in [0.29, 0.717) is 5.56 Å². The standard InChI is InChI=1S/C10H14N5O7P/c1-5-3-15(10(17)12-9(5)16)8-2-6(13-14-11)7(22-8)4-21-23(18,19)20/h3,6-8,11H,2,4H2,1H3,(H2-,12,16,17,18,19,20)/p+1/t6-,7+,8+/m0/s1. The fourth-order valence-corrected chi connectivity index (χ4v) is 2.54. The Bertz CT molecular complexity index is 792. The number of aryl methyl sites for hydroxylation is 1. The fourth-order valence-electron chi connectivity index (χ4n) is 2.20. The van der Waals surface area contributed by atoms with E-state index in [2.05, 4.69) is 19.5 Å². The summed E-state index contributed by atoms with van der Waals surface area (Å²) in [5.74, 6) is 0. The molecule has 3 atom stereocenters. The van der Waals surface area contributed by atoms with Crippen LogP contribution in [0.4, 0.5) is 0 Å². The van der Waals surface area contributed by atoms with Crippen molar-refractivity contribution in [3.8, 4) is 0 Å². The van der Waals surface area contributed by atoms with Gasteiger partial charge in [-0.1, -0.05) is 0 Å². The summed E-state index contributed by atoms with van der Waals surface area (Å²) >= 11 is 0. The first-order valence-corrected chi connectivity index (χ1v) is 7.98. The number of hydrogen-bond acceptors (Lipinski definition) is 7. The predicted molar refractivity (Wildman–Crippen MR) is 73.7 cm³/mol. The first-order valence-electron chi connectivity index (χ1n) is 6.45. The average Bonchev–Trinajstić information content (AvgIpc) is 2.83. The summed E-state index contributed by atoms with van der Waals surface area (Å²) < 4.78 is 21.8. The quantitative estimate of drug-likeness (QED) is 0.304. The van der Waals surface area contributed by atoms with Gasteiger partial charge in [0.15, 0.2) is 6.04 Å². The van der Waals surface area contributed by atoms with Crippen LogP contribution in [0.1, 0.15) is 18.2 Å². The van der Waals surface area contributed by atoms with E-state index < -0.39 is 44.1 Å². The Labute approximate surface area is 128 Å². The largest absolute Gasteiger partial charge is 0.469 e. The van der Waals surface area contributed by atoms with Crippen molar-refractivity contribution < 1.29 is 23.6 Å². The predicted octanol–water partition coefficient (Wildman–Crippen LogP) is -0.839. The first-order chi connectivity index (χ1) is 10.7. The molecule has 0 aliphatic carbocycles. The van der Waals surface area contributed by atoms with Crippen LogP contribution < -0.4 is 16.2 Å². The maximum absolute atomic E-state index is 11.8. The van der Waals surface area contributed by atoms with Gasteiger partial charge in [0.05, 0.1) is 6.61 Å². The van der Waals surface area contributed by atoms with Crippen LogP contribution >= 0.6 is 7.82 Å². The normalized spacial score (nSPS) is 24.4. The highest BCUT2D eigenvalue weighted by molar-refractivity contribution is 7.46. The molecule has 1 aliphatic rings. The summed E-state index contributed by atoms with van der Waals surface area (Å²) in [7, 11) is -4.69. The van der Waals surface area contributed by atoms with Crippen LogP contribution in [0.2, 0.25) is 0 Å². The number of aromatic nitrogens is 2. The van der Waals surface area contributed by atoms with Crippen LogP contribution in [0.25, 0.3) is 0 Å². The number of ether oxygens (including phenoxy) is 1. The van der Waals surface area contributed by atoms with Crippen molar-refractivity contribution in [3.63, 3.8) is 0 Å². The highest BCUT2D eigenvalue weighted by Gasteiger charge is 2.41. The van der Waals surface area contributed by atoms with Crippen molar-refractivity contribution in [2.45, 2.75) is 31.7 Å². The van der Waals surface area contributed by atoms with E-state index in [0.717, 1.165) is 4.57 Å². The zero-order valence-corrected chi connectivity index (χ0v) is 12.8. The second-order valence-electron chi connectivity index (χ2n) is 4.91. The van der Waals surface area contributed by atoms with Crippen molar-refractivity contribution in [1.82, 2.24) is 14.5 Å². The number of rotatable bonds is 5. The van der Waals surface area contributed by atoms with Gasteiger partial charge in [-0.05, 0) is 6.92 Å². The van der Waals surface area contributed by atoms with Crippen molar-refractivity contribution in [2.75, 3.05) is 6.61 Å². The Morgan fingerprint density at radius 3 is 2.91 bits per heavy atom. The van der Waals surface area contributed by atoms with Gasteiger partial charge >= 0.3 is 13.5 Å². The molecule has 0 bridgehead atoms. The van der Waals surface area contributed by atoms with Crippen LogP contribution in [0.15, 0.2) is 20.9 Å². The van der Waals surface area contributed by atoms with E-state index in [1.54, 1.807) is 0 Å². The molecule has 0 amide bonds. The molecule has 4 N–H and O–H groups in total. The number of hydrogen-bond donors (Lipinski definition) is 4. The van der Waals surface area contributed by atoms with E-state index in [9.17, 15) is 14.2 Å². The summed E-state index contributed by atoms with van der Waals surface area (Å²) in [6.07, 6.45) is -0.296. The lowest BCUT2D eigenvalue weighted by atomic mass is 10.1. The molecule has 126 valence electrons. The minimum atomic E-state index is -4.69. The SMILES string of the molecule is Cc1cn([C@H]2C[C@H](N=[N+]=N)[C@@H](COP(=O)(O)O)O2)c(=O)[nH]c1=O. The Morgan fingerprint density at radius 1 is 1.61 bits per heavy atom. The van der Waals surface area contributed by atoms with Gasteiger partial charge in [-0.15, -0.1) is 0 Å². The Morgan fingerprint density at radius 2 is 2.30 bits per heavy atom. The topological polar surface area (TPSA) is 181 Å². The molecule has 0 aromatic carbocycles. The van der Waals surface area contributed by atoms with Gasteiger partial charge in [-0.3, -0.25) is 18.9 Å². The van der Waals surface area contributed by atoms with Crippen molar-refractivity contribution in [1.29, 1.82) is 5.53 Å². The molecular weight excluding hydrogens is 333 g/mol. The number of aromatic amines is 1. The maximum Gasteiger partial charge on any atom is 0.469 e. The average molecular weight is 348 g/mol. The summed E-state index contributed by atoms with van der Waals surface area (Å²) in [6, 6.07) is -0.719. The Kier molecular flexibility index (Phi) is 5.05. The molecular formula is C10H15N5O7P+. The lowest BCUT2D eigenvalue weighted by Crippen LogP contribution is -2.33. The van der Waals surface area contributed by atoms with Crippen molar-refractivity contribution in [3.05, 3.63) is 32.6 Å². The number of phosphoric acid groups is 1. The Hall–Kier alpha value is -1.94. The molecule has 23 heavy (non-hydrogen) atoms. The van der Waals surface area contributed by atoms with Gasteiger partial charge in [-0.2, -0.15) is 0 Å². The third-order valence-corrected chi connectivity index (χ3v) is 3.76. The summed E-state index contributed by atoms with van der Waals surface area (Å²) in [6.45, 7) is 1.03. The van der Waals surface area contributed by atoms with Crippen LogP contribution in [-0.2, 0) is 13.8 Å². The minimum absolute atomic E-state index is 0.128. The fraction of sp³-hybridized carbons (Fsp3) is 0.600. The molecule has 2 heterocycles. The monoisotopic (exact) mass is 348 g/mol. The molecule has 2 rings (SSSR count). The van der Waals surface area contributed by atoms with Crippen molar-refractivity contribution >= 4 is 7.82 Å². The van der Waals surface area contributed by atoms with E-state index in [1.165, 1.54) is 13.1 Å². The molecule has 13 heteroatoms. The van der Waals surface area contributed by atoms with Gasteiger partial charge in [0, 0.05) is 18.2 Å². The van der Waals surface area contributed by atoms with Gasteiger partial charge in [0.2, 0.25) is 4.91 Å². The zero-order valence-electron chi connectivity index (χ0n) is 11.9. The van der Waals surface area contributed by atoms with E-state index in [-0.39, 0.29) is 6.42 Å². The minimum Gasteiger partial charge on any atom is -0.350 e. The summed E-state index contributed by atoms with van der Waals surface area (Å²) in [5.41, 5.74) is 5.86. The number of phosphoric ester groups is 1. The molecule has 1 fully saturated rings. The summed E-state index contributed by atoms with van der Waals surface area (Å²) in [5, 5.41) is 3.60. The van der Waals surface area contributed by atoms with Crippen LogP contribution in [0.3, 0.4) is 0 Å². The van der Waals surface area contributed by atoms with Crippen LogP contribution in [-0.4, -0.2) is 38.1 Å². The van der Waals surface area contributed by atoms with E-state index >= 15 is 0 Å². The number of H-pyrrole nitrogens is 1. The third kappa shape index (κ3) is 4.29. The van der Waals surface area contributed by atoms with Crippen molar-refractivity contribution in [2.24, 2.45) is 5.11 Å². The summed E-state index contributed by atoms with van der Waals surface area (Å²) in [4.78, 5) is 45.7. The molecule has 1 aliphatic heterocycles. The number of nitrogens with zero attached hydrogens (tertiary/aromatic N) is 3. The highest BCUT2D eigenvalue weighted by atomic mass is 31.2. The van der Waals surface area contributed by atoms with Gasteiger partial charge < -0.3 is 14.5 Å². The molecule has 0 saturated carbocycles.